The van der Waals surface area contributed by atoms with E-state index in [0.717, 1.165) is 5.56 Å². The lowest BCUT2D eigenvalue weighted by Gasteiger charge is -2.21. The van der Waals surface area contributed by atoms with E-state index in [0.29, 0.717) is 22.2 Å². The van der Waals surface area contributed by atoms with Gasteiger partial charge in [0.15, 0.2) is 0 Å². The number of carbonyl (C=O) groups is 2. The van der Waals surface area contributed by atoms with Crippen LogP contribution in [0.1, 0.15) is 12.0 Å². The smallest absolute Gasteiger partial charge is 0.237 e. The number of hydrogen-bond donors (Lipinski definition) is 1. The van der Waals surface area contributed by atoms with E-state index >= 15 is 0 Å². The number of nitrogens with two attached hydrogens (primary N) is 1. The van der Waals surface area contributed by atoms with Crippen molar-refractivity contribution in [1.29, 1.82) is 0 Å². The maximum Gasteiger partial charge on any atom is 0.237 e. The predicted molar refractivity (Wildman–Crippen MR) is 92.8 cm³/mol. The van der Waals surface area contributed by atoms with E-state index < -0.39 is 5.91 Å². The average molecular weight is 351 g/mol. The molecular weight excluding hydrogens is 335 g/mol. The zero-order valence-corrected chi connectivity index (χ0v) is 13.8. The van der Waals surface area contributed by atoms with Crippen molar-refractivity contribution in [2.75, 3.05) is 11.4 Å². The van der Waals surface area contributed by atoms with E-state index in [1.165, 1.54) is 4.90 Å². The van der Waals surface area contributed by atoms with E-state index in [-0.39, 0.29) is 18.9 Å². The fourth-order valence-electron chi connectivity index (χ4n) is 2.19. The van der Waals surface area contributed by atoms with Gasteiger partial charge in [-0.3, -0.25) is 9.59 Å². The highest BCUT2D eigenvalue weighted by atomic mass is 35.5. The lowest BCUT2D eigenvalue weighted by Crippen LogP contribution is -2.38. The summed E-state index contributed by atoms with van der Waals surface area (Å²) in [5.41, 5.74) is 6.72. The number of hydrogen-bond acceptors (Lipinski definition) is 2. The van der Waals surface area contributed by atoms with Gasteiger partial charge in [0.05, 0.1) is 0 Å². The molecule has 0 saturated carbocycles. The third-order valence-corrected chi connectivity index (χ3v) is 3.89. The number of anilines is 1. The third kappa shape index (κ3) is 4.98. The number of nitrogens with zero attached hydrogens (tertiary/aromatic N) is 1. The second-order valence-corrected chi connectivity index (χ2v) is 5.86. The van der Waals surface area contributed by atoms with E-state index in [1.54, 1.807) is 42.5 Å². The van der Waals surface area contributed by atoms with Crippen molar-refractivity contribution in [3.63, 3.8) is 0 Å². The minimum Gasteiger partial charge on any atom is -0.368 e. The molecule has 23 heavy (non-hydrogen) atoms. The first kappa shape index (κ1) is 17.3. The van der Waals surface area contributed by atoms with Gasteiger partial charge < -0.3 is 10.6 Å². The number of rotatable bonds is 6. The Labute approximate surface area is 144 Å². The van der Waals surface area contributed by atoms with Crippen LogP contribution >= 0.6 is 23.2 Å². The van der Waals surface area contributed by atoms with Crippen molar-refractivity contribution >= 4 is 40.7 Å². The predicted octanol–water partition coefficient (Wildman–Crippen LogP) is 3.44. The molecule has 6 heteroatoms. The van der Waals surface area contributed by atoms with Gasteiger partial charge in [0.1, 0.15) is 6.54 Å². The van der Waals surface area contributed by atoms with Crippen LogP contribution in [-0.2, 0) is 16.0 Å². The van der Waals surface area contributed by atoms with Gasteiger partial charge in [-0.05, 0) is 36.2 Å². The molecule has 2 aromatic rings. The first-order chi connectivity index (χ1) is 11.0. The number of primary amides is 1. The van der Waals surface area contributed by atoms with Gasteiger partial charge in [-0.15, -0.1) is 0 Å². The maximum atomic E-state index is 12.5. The van der Waals surface area contributed by atoms with Crippen LogP contribution < -0.4 is 10.6 Å². The zero-order chi connectivity index (χ0) is 16.8. The molecule has 120 valence electrons. The molecule has 2 aromatic carbocycles. The fraction of sp³-hybridized carbons (Fsp3) is 0.176. The Kier molecular flexibility index (Phi) is 6.02. The third-order valence-electron chi connectivity index (χ3n) is 3.31. The van der Waals surface area contributed by atoms with Crippen molar-refractivity contribution < 1.29 is 9.59 Å². The molecule has 0 atom stereocenters. The van der Waals surface area contributed by atoms with Crippen LogP contribution in [0.2, 0.25) is 10.0 Å². The Morgan fingerprint density at radius 2 is 1.74 bits per heavy atom. The highest BCUT2D eigenvalue weighted by Crippen LogP contribution is 2.23. The molecule has 2 N–H and O–H groups in total. The van der Waals surface area contributed by atoms with Gasteiger partial charge in [0, 0.05) is 22.2 Å². The fourth-order valence-corrected chi connectivity index (χ4v) is 2.69. The van der Waals surface area contributed by atoms with E-state index in [9.17, 15) is 9.59 Å². The van der Waals surface area contributed by atoms with Gasteiger partial charge in [-0.2, -0.15) is 0 Å². The Morgan fingerprint density at radius 3 is 2.35 bits per heavy atom. The molecule has 0 saturated heterocycles. The van der Waals surface area contributed by atoms with Crippen LogP contribution in [0.15, 0.2) is 48.5 Å². The van der Waals surface area contributed by atoms with E-state index in [2.05, 4.69) is 0 Å². The molecule has 0 aliphatic carbocycles. The number of aryl methyl sites for hydroxylation is 1. The summed E-state index contributed by atoms with van der Waals surface area (Å²) in [6, 6.07) is 14.1. The lowest BCUT2D eigenvalue weighted by molar-refractivity contribution is -0.122. The number of para-hydroxylation sites is 1. The molecule has 0 radical (unpaired) electrons. The van der Waals surface area contributed by atoms with Crippen molar-refractivity contribution in [3.8, 4) is 0 Å². The SMILES string of the molecule is NC(=O)CN(C(=O)CCc1ccc(Cl)cc1Cl)c1ccccc1. The van der Waals surface area contributed by atoms with Gasteiger partial charge >= 0.3 is 0 Å². The summed E-state index contributed by atoms with van der Waals surface area (Å²) in [5, 5.41) is 1.07. The topological polar surface area (TPSA) is 63.4 Å². The van der Waals surface area contributed by atoms with Crippen molar-refractivity contribution in [2.45, 2.75) is 12.8 Å². The molecule has 2 amide bonds. The molecule has 0 bridgehead atoms. The van der Waals surface area contributed by atoms with E-state index in [4.69, 9.17) is 28.9 Å². The molecule has 0 aromatic heterocycles. The van der Waals surface area contributed by atoms with Crippen LogP contribution in [0.4, 0.5) is 5.69 Å². The summed E-state index contributed by atoms with van der Waals surface area (Å²) in [4.78, 5) is 25.1. The largest absolute Gasteiger partial charge is 0.368 e. The number of halogens is 2. The van der Waals surface area contributed by atoms with Gasteiger partial charge in [-0.1, -0.05) is 47.5 Å². The first-order valence-corrected chi connectivity index (χ1v) is 7.80. The zero-order valence-electron chi connectivity index (χ0n) is 12.3. The quantitative estimate of drug-likeness (QED) is 0.867. The molecular formula is C17H16Cl2N2O2. The Bertz CT molecular complexity index is 705. The second kappa shape index (κ2) is 7.99. The lowest BCUT2D eigenvalue weighted by atomic mass is 10.1. The van der Waals surface area contributed by atoms with Crippen LogP contribution in [0.5, 0.6) is 0 Å². The summed E-state index contributed by atoms with van der Waals surface area (Å²) in [5.74, 6) is -0.757. The molecule has 0 fully saturated rings. The molecule has 0 spiro atoms. The second-order valence-electron chi connectivity index (χ2n) is 5.02. The van der Waals surface area contributed by atoms with Crippen LogP contribution in [-0.4, -0.2) is 18.4 Å². The number of carbonyl (C=O) groups excluding carboxylic acids is 2. The van der Waals surface area contributed by atoms with Crippen molar-refractivity contribution in [2.24, 2.45) is 5.73 Å². The van der Waals surface area contributed by atoms with E-state index in [1.807, 2.05) is 6.07 Å². The van der Waals surface area contributed by atoms with Crippen LogP contribution in [0.3, 0.4) is 0 Å². The minimum atomic E-state index is -0.563. The first-order valence-electron chi connectivity index (χ1n) is 7.05. The molecule has 0 aliphatic rings. The monoisotopic (exact) mass is 350 g/mol. The Morgan fingerprint density at radius 1 is 1.04 bits per heavy atom. The maximum absolute atomic E-state index is 12.5. The van der Waals surface area contributed by atoms with Crippen LogP contribution in [0.25, 0.3) is 0 Å². The van der Waals surface area contributed by atoms with Gasteiger partial charge in [0.2, 0.25) is 11.8 Å². The number of benzene rings is 2. The Hall–Kier alpha value is -2.04. The highest BCUT2D eigenvalue weighted by molar-refractivity contribution is 6.35. The number of amides is 2. The minimum absolute atomic E-state index is 0.156. The van der Waals surface area contributed by atoms with Gasteiger partial charge in [0.25, 0.3) is 0 Å². The standard InChI is InChI=1S/C17H16Cl2N2O2/c18-13-8-6-12(15(19)10-13)7-9-17(23)21(11-16(20)22)14-4-2-1-3-5-14/h1-6,8,10H,7,9,11H2,(H2,20,22). The average Bonchev–Trinajstić information content (AvgIpc) is 2.52. The molecule has 2 rings (SSSR count). The van der Waals surface area contributed by atoms with Crippen molar-refractivity contribution in [1.82, 2.24) is 0 Å². The van der Waals surface area contributed by atoms with Crippen LogP contribution in [0, 0.1) is 0 Å². The Balaban J connectivity index is 2.10. The normalized spacial score (nSPS) is 10.3. The molecule has 0 unspecified atom stereocenters. The van der Waals surface area contributed by atoms with Gasteiger partial charge in [-0.25, -0.2) is 0 Å². The highest BCUT2D eigenvalue weighted by Gasteiger charge is 2.18. The molecule has 4 nitrogen and oxygen atoms in total. The summed E-state index contributed by atoms with van der Waals surface area (Å²) >= 11 is 12.0. The molecule has 0 aliphatic heterocycles. The molecule has 0 heterocycles. The summed E-state index contributed by atoms with van der Waals surface area (Å²) in [6.07, 6.45) is 0.667. The van der Waals surface area contributed by atoms with Crippen molar-refractivity contribution in [3.05, 3.63) is 64.1 Å². The summed E-state index contributed by atoms with van der Waals surface area (Å²) < 4.78 is 0. The summed E-state index contributed by atoms with van der Waals surface area (Å²) in [6.45, 7) is -0.156. The summed E-state index contributed by atoms with van der Waals surface area (Å²) in [7, 11) is 0.